The number of nitrogens with two attached hydrogens (primary N) is 1. The molecule has 9 heteroatoms. The molecule has 0 aliphatic heterocycles. The molecule has 4 rings (SSSR count). The number of nitrogen functional groups attached to an aromatic ring is 1. The number of hydrogen-bond acceptors (Lipinski definition) is 8. The minimum atomic E-state index is -0.244. The number of ketones is 1. The fourth-order valence-electron chi connectivity index (χ4n) is 3.22. The molecule has 9 nitrogen and oxygen atoms in total. The van der Waals surface area contributed by atoms with Gasteiger partial charge in [0.15, 0.2) is 11.6 Å². The third-order valence-electron chi connectivity index (χ3n) is 4.87. The lowest BCUT2D eigenvalue weighted by Crippen LogP contribution is -2.13. The average Bonchev–Trinajstić information content (AvgIpc) is 3.33. The van der Waals surface area contributed by atoms with Crippen molar-refractivity contribution in [3.05, 3.63) is 78.4 Å². The number of nitrogens with zero attached hydrogens (tertiary/aromatic N) is 6. The van der Waals surface area contributed by atoms with E-state index in [2.05, 4.69) is 30.4 Å². The second-order valence-electron chi connectivity index (χ2n) is 6.98. The summed E-state index contributed by atoms with van der Waals surface area (Å²) < 4.78 is 1.59. The summed E-state index contributed by atoms with van der Waals surface area (Å²) in [5.74, 6) is -0.141. The summed E-state index contributed by atoms with van der Waals surface area (Å²) in [4.78, 5) is 29.9. The first-order valence-electron chi connectivity index (χ1n) is 9.83. The Morgan fingerprint density at radius 1 is 1.13 bits per heavy atom. The Bertz CT molecular complexity index is 1170. The van der Waals surface area contributed by atoms with E-state index >= 15 is 0 Å². The first kappa shape index (κ1) is 20.3. The highest BCUT2D eigenvalue weighted by Crippen LogP contribution is 2.21. The van der Waals surface area contributed by atoms with Crippen LogP contribution in [0.25, 0.3) is 16.9 Å². The first-order chi connectivity index (χ1) is 15.2. The van der Waals surface area contributed by atoms with Crippen LogP contribution < -0.4 is 11.1 Å². The van der Waals surface area contributed by atoms with E-state index in [4.69, 9.17) is 5.73 Å². The van der Waals surface area contributed by atoms with Crippen LogP contribution in [0.2, 0.25) is 0 Å². The number of Topliss-reactive ketones (excluding diaryl/α,β-unsaturated/α-hetero) is 1. The molecule has 0 unspecified atom stereocenters. The number of rotatable bonds is 8. The van der Waals surface area contributed by atoms with Crippen molar-refractivity contribution in [3.63, 3.8) is 0 Å². The van der Waals surface area contributed by atoms with Crippen molar-refractivity contribution in [2.45, 2.75) is 12.8 Å². The van der Waals surface area contributed by atoms with E-state index in [0.717, 1.165) is 24.2 Å². The van der Waals surface area contributed by atoms with Gasteiger partial charge in [0.1, 0.15) is 18.3 Å². The quantitative estimate of drug-likeness (QED) is 0.419. The lowest BCUT2D eigenvalue weighted by molar-refractivity contribution is 0.0988. The van der Waals surface area contributed by atoms with Gasteiger partial charge in [-0.2, -0.15) is 5.10 Å². The molecule has 3 aromatic heterocycles. The molecule has 3 N–H and O–H groups in total. The highest BCUT2D eigenvalue weighted by Gasteiger charge is 2.18. The fourth-order valence-corrected chi connectivity index (χ4v) is 3.22. The van der Waals surface area contributed by atoms with Crippen molar-refractivity contribution in [1.29, 1.82) is 0 Å². The molecule has 0 aliphatic rings. The lowest BCUT2D eigenvalue weighted by atomic mass is 10.1. The molecule has 0 aliphatic carbocycles. The topological polar surface area (TPSA) is 124 Å². The van der Waals surface area contributed by atoms with Gasteiger partial charge in [0.2, 0.25) is 0 Å². The molecule has 0 fully saturated rings. The maximum absolute atomic E-state index is 13.1. The summed E-state index contributed by atoms with van der Waals surface area (Å²) in [6, 6.07) is 9.82. The largest absolute Gasteiger partial charge is 0.382 e. The van der Waals surface area contributed by atoms with Crippen LogP contribution in [0.15, 0.2) is 61.6 Å². The highest BCUT2D eigenvalue weighted by atomic mass is 16.1. The predicted molar refractivity (Wildman–Crippen MR) is 117 cm³/mol. The van der Waals surface area contributed by atoms with Gasteiger partial charge >= 0.3 is 0 Å². The second kappa shape index (κ2) is 9.23. The zero-order chi connectivity index (χ0) is 21.6. The van der Waals surface area contributed by atoms with Crippen molar-refractivity contribution < 1.29 is 4.79 Å². The van der Waals surface area contributed by atoms with Crippen LogP contribution in [0.1, 0.15) is 21.6 Å². The van der Waals surface area contributed by atoms with Gasteiger partial charge in [0, 0.05) is 29.9 Å². The van der Waals surface area contributed by atoms with E-state index in [0.29, 0.717) is 11.3 Å². The number of likely N-dealkylation sites (N-methyl/N-ethyl adjacent to an activating group) is 1. The molecular formula is C22H22N8O. The summed E-state index contributed by atoms with van der Waals surface area (Å²) in [6.07, 6.45) is 8.86. The molecule has 4 aromatic rings. The Kier molecular flexibility index (Phi) is 6.04. The Morgan fingerprint density at radius 3 is 2.71 bits per heavy atom. The van der Waals surface area contributed by atoms with Gasteiger partial charge in [0.05, 0.1) is 17.6 Å². The summed E-state index contributed by atoms with van der Waals surface area (Å²) in [7, 11) is 1.93. The van der Waals surface area contributed by atoms with Crippen LogP contribution in [-0.4, -0.2) is 49.1 Å². The van der Waals surface area contributed by atoms with Crippen LogP contribution in [0.3, 0.4) is 0 Å². The Morgan fingerprint density at radius 2 is 1.97 bits per heavy atom. The fraction of sp³-hybridized carbons (Fsp3) is 0.182. The van der Waals surface area contributed by atoms with Crippen molar-refractivity contribution in [3.8, 4) is 16.9 Å². The molecule has 0 saturated carbocycles. The Balaban J connectivity index is 1.59. The summed E-state index contributed by atoms with van der Waals surface area (Å²) >= 11 is 0. The smallest absolute Gasteiger partial charge is 0.189 e. The van der Waals surface area contributed by atoms with Gasteiger partial charge in [-0.3, -0.25) is 9.78 Å². The molecule has 1 aromatic carbocycles. The first-order valence-corrected chi connectivity index (χ1v) is 9.83. The van der Waals surface area contributed by atoms with Crippen molar-refractivity contribution in [2.24, 2.45) is 0 Å². The normalized spacial score (nSPS) is 10.9. The zero-order valence-corrected chi connectivity index (χ0v) is 17.1. The number of aromatic nitrogens is 6. The molecule has 0 amide bonds. The van der Waals surface area contributed by atoms with E-state index < -0.39 is 0 Å². The Hall–Kier alpha value is -3.98. The maximum atomic E-state index is 13.1. The monoisotopic (exact) mass is 414 g/mol. The van der Waals surface area contributed by atoms with Gasteiger partial charge < -0.3 is 11.1 Å². The van der Waals surface area contributed by atoms with Crippen LogP contribution in [0.5, 0.6) is 0 Å². The molecule has 3 heterocycles. The van der Waals surface area contributed by atoms with Gasteiger partial charge in [-0.15, -0.1) is 0 Å². The number of carbonyl (C=O) groups is 1. The summed E-state index contributed by atoms with van der Waals surface area (Å²) in [5, 5.41) is 7.27. The molecule has 0 saturated heterocycles. The lowest BCUT2D eigenvalue weighted by Gasteiger charge is -2.10. The van der Waals surface area contributed by atoms with Crippen molar-refractivity contribution >= 4 is 11.6 Å². The van der Waals surface area contributed by atoms with Crippen LogP contribution in [0.4, 0.5) is 5.82 Å². The Labute approximate surface area is 179 Å². The van der Waals surface area contributed by atoms with E-state index in [1.165, 1.54) is 11.9 Å². The number of benzene rings is 1. The SMILES string of the molecule is CNCCc1ccc(-c2cnc(N)c(C(=O)Cc3cnccc3-n3cncn3)n2)cc1. The maximum Gasteiger partial charge on any atom is 0.189 e. The van der Waals surface area contributed by atoms with Gasteiger partial charge in [-0.05, 0) is 31.6 Å². The third-order valence-corrected chi connectivity index (χ3v) is 4.87. The molecular weight excluding hydrogens is 392 g/mol. The standard InChI is InChI=1S/C22H22N8O/c1-24-8-6-15-2-4-16(5-3-15)18-12-27-22(23)21(29-18)20(31)10-17-11-25-9-7-19(17)30-14-26-13-28-30/h2-5,7,9,11-14,24H,6,8,10H2,1H3,(H2,23,27). The van der Waals surface area contributed by atoms with E-state index in [1.807, 2.05) is 31.3 Å². The van der Waals surface area contributed by atoms with Gasteiger partial charge in [0.25, 0.3) is 0 Å². The van der Waals surface area contributed by atoms with E-state index in [9.17, 15) is 4.79 Å². The number of carbonyl (C=O) groups excluding carboxylic acids is 1. The minimum Gasteiger partial charge on any atom is -0.382 e. The number of hydrogen-bond donors (Lipinski definition) is 2. The van der Waals surface area contributed by atoms with E-state index in [-0.39, 0.29) is 23.7 Å². The van der Waals surface area contributed by atoms with Gasteiger partial charge in [-0.25, -0.2) is 19.6 Å². The number of anilines is 1. The second-order valence-corrected chi connectivity index (χ2v) is 6.98. The summed E-state index contributed by atoms with van der Waals surface area (Å²) in [5.41, 5.74) is 10.2. The third kappa shape index (κ3) is 4.62. The molecule has 0 bridgehead atoms. The molecule has 156 valence electrons. The van der Waals surface area contributed by atoms with Crippen LogP contribution in [-0.2, 0) is 12.8 Å². The number of nitrogens with one attached hydrogen (secondary N) is 1. The molecule has 0 spiro atoms. The molecule has 0 atom stereocenters. The van der Waals surface area contributed by atoms with Crippen LogP contribution >= 0.6 is 0 Å². The van der Waals surface area contributed by atoms with Crippen LogP contribution in [0, 0.1) is 0 Å². The number of pyridine rings is 1. The minimum absolute atomic E-state index is 0.0638. The average molecular weight is 414 g/mol. The van der Waals surface area contributed by atoms with Crippen molar-refractivity contribution in [1.82, 2.24) is 35.0 Å². The summed E-state index contributed by atoms with van der Waals surface area (Å²) in [6.45, 7) is 0.907. The highest BCUT2D eigenvalue weighted by molar-refractivity contribution is 6.00. The molecule has 31 heavy (non-hydrogen) atoms. The van der Waals surface area contributed by atoms with E-state index in [1.54, 1.807) is 35.7 Å². The van der Waals surface area contributed by atoms with Crippen molar-refractivity contribution in [2.75, 3.05) is 19.3 Å². The zero-order valence-electron chi connectivity index (χ0n) is 17.1. The predicted octanol–water partition coefficient (Wildman–Crippen LogP) is 1.89. The molecule has 0 radical (unpaired) electrons. The van der Waals surface area contributed by atoms with Gasteiger partial charge in [-0.1, -0.05) is 24.3 Å².